The third-order valence-electron chi connectivity index (χ3n) is 4.39. The second kappa shape index (κ2) is 8.57. The van der Waals surface area contributed by atoms with E-state index in [1.165, 1.54) is 12.5 Å². The molecule has 2 aromatic heterocycles. The molecule has 1 saturated heterocycles. The topological polar surface area (TPSA) is 105 Å². The maximum absolute atomic E-state index is 12.3. The fourth-order valence-electron chi connectivity index (χ4n) is 2.93. The van der Waals surface area contributed by atoms with E-state index < -0.39 is 0 Å². The van der Waals surface area contributed by atoms with E-state index in [1.807, 2.05) is 30.3 Å². The number of hydrogen-bond donors (Lipinski definition) is 2. The van der Waals surface area contributed by atoms with Crippen LogP contribution in [0.4, 0.5) is 11.6 Å². The van der Waals surface area contributed by atoms with Gasteiger partial charge in [-0.3, -0.25) is 9.78 Å². The van der Waals surface area contributed by atoms with Crippen molar-refractivity contribution in [1.29, 1.82) is 0 Å². The molecule has 1 aliphatic rings. The largest absolute Gasteiger partial charge is 0.378 e. The Balaban J connectivity index is 1.28. The first-order valence-electron chi connectivity index (χ1n) is 9.18. The Bertz CT molecular complexity index is 960. The van der Waals surface area contributed by atoms with E-state index >= 15 is 0 Å². The molecular weight excluding hydrogens is 358 g/mol. The zero-order valence-corrected chi connectivity index (χ0v) is 15.3. The van der Waals surface area contributed by atoms with Crippen LogP contribution in [0.1, 0.15) is 10.5 Å². The highest BCUT2D eigenvalue weighted by molar-refractivity contribution is 5.93. The second-order valence-corrected chi connectivity index (χ2v) is 6.29. The number of para-hydroxylation sites is 2. The smallest absolute Gasteiger partial charge is 0.271 e. The van der Waals surface area contributed by atoms with Gasteiger partial charge in [-0.2, -0.15) is 0 Å². The predicted molar refractivity (Wildman–Crippen MR) is 105 cm³/mol. The number of nitrogens with zero attached hydrogens (tertiary/aromatic N) is 5. The highest BCUT2D eigenvalue weighted by Crippen LogP contribution is 2.15. The van der Waals surface area contributed by atoms with Crippen molar-refractivity contribution in [2.75, 3.05) is 49.6 Å². The summed E-state index contributed by atoms with van der Waals surface area (Å²) in [6.07, 6.45) is 3.03. The molecule has 0 spiro atoms. The van der Waals surface area contributed by atoms with Crippen LogP contribution in [0, 0.1) is 0 Å². The minimum absolute atomic E-state index is 0.253. The van der Waals surface area contributed by atoms with Gasteiger partial charge in [-0.15, -0.1) is 0 Å². The molecule has 1 amide bonds. The average molecular weight is 379 g/mol. The minimum Gasteiger partial charge on any atom is -0.378 e. The number of amides is 1. The van der Waals surface area contributed by atoms with Crippen molar-refractivity contribution in [3.8, 4) is 0 Å². The maximum atomic E-state index is 12.3. The summed E-state index contributed by atoms with van der Waals surface area (Å²) in [5.41, 5.74) is 1.76. The summed E-state index contributed by atoms with van der Waals surface area (Å²) in [6.45, 7) is 4.02. The number of carbonyl (C=O) groups excluding carboxylic acids is 1. The number of carbonyl (C=O) groups is 1. The number of anilines is 2. The van der Waals surface area contributed by atoms with Crippen LogP contribution in [0.25, 0.3) is 11.0 Å². The number of ether oxygens (including phenoxy) is 1. The van der Waals surface area contributed by atoms with Gasteiger partial charge >= 0.3 is 0 Å². The third-order valence-corrected chi connectivity index (χ3v) is 4.39. The SMILES string of the molecule is O=C(NCCNc1cc(N2CCOCC2)ncn1)c1cnc2ccccc2n1. The number of aromatic nitrogens is 4. The van der Waals surface area contributed by atoms with E-state index in [9.17, 15) is 4.79 Å². The molecule has 9 nitrogen and oxygen atoms in total. The fraction of sp³-hybridized carbons (Fsp3) is 0.316. The Morgan fingerprint density at radius 3 is 2.75 bits per heavy atom. The van der Waals surface area contributed by atoms with Gasteiger partial charge in [0.05, 0.1) is 30.4 Å². The number of hydrogen-bond acceptors (Lipinski definition) is 8. The Labute approximate surface area is 162 Å². The number of benzene rings is 1. The third kappa shape index (κ3) is 4.32. The molecule has 144 valence electrons. The van der Waals surface area contributed by atoms with Crippen molar-refractivity contribution in [2.45, 2.75) is 0 Å². The van der Waals surface area contributed by atoms with E-state index in [0.29, 0.717) is 37.5 Å². The van der Waals surface area contributed by atoms with E-state index in [2.05, 4.69) is 35.5 Å². The van der Waals surface area contributed by atoms with Gasteiger partial charge in [-0.25, -0.2) is 15.0 Å². The molecular formula is C19H21N7O2. The Hall–Kier alpha value is -3.33. The zero-order valence-electron chi connectivity index (χ0n) is 15.3. The first-order chi connectivity index (χ1) is 13.8. The maximum Gasteiger partial charge on any atom is 0.271 e. The van der Waals surface area contributed by atoms with Crippen molar-refractivity contribution >= 4 is 28.6 Å². The summed E-state index contributed by atoms with van der Waals surface area (Å²) < 4.78 is 5.36. The number of fused-ring (bicyclic) bond motifs is 1. The Morgan fingerprint density at radius 1 is 1.07 bits per heavy atom. The lowest BCUT2D eigenvalue weighted by Gasteiger charge is -2.27. The molecule has 0 aliphatic carbocycles. The van der Waals surface area contributed by atoms with E-state index in [-0.39, 0.29) is 5.91 Å². The standard InChI is InChI=1S/C19H21N7O2/c27-19(16-12-22-14-3-1-2-4-15(14)25-16)21-6-5-20-17-11-18(24-13-23-17)26-7-9-28-10-8-26/h1-4,11-13H,5-10H2,(H,21,27)(H,20,23,24). The van der Waals surface area contributed by atoms with E-state index in [0.717, 1.165) is 30.2 Å². The molecule has 4 rings (SSSR count). The molecule has 1 aromatic carbocycles. The monoisotopic (exact) mass is 379 g/mol. The molecule has 0 unspecified atom stereocenters. The van der Waals surface area contributed by atoms with Crippen molar-refractivity contribution in [2.24, 2.45) is 0 Å². The van der Waals surface area contributed by atoms with Gasteiger partial charge in [0.15, 0.2) is 0 Å². The van der Waals surface area contributed by atoms with Crippen LogP contribution in [0.3, 0.4) is 0 Å². The molecule has 1 fully saturated rings. The lowest BCUT2D eigenvalue weighted by Crippen LogP contribution is -2.36. The summed E-state index contributed by atoms with van der Waals surface area (Å²) in [5, 5.41) is 6.04. The van der Waals surface area contributed by atoms with Gasteiger partial charge in [-0.1, -0.05) is 12.1 Å². The number of rotatable bonds is 6. The van der Waals surface area contributed by atoms with Crippen LogP contribution in [0.5, 0.6) is 0 Å². The second-order valence-electron chi connectivity index (χ2n) is 6.29. The van der Waals surface area contributed by atoms with Crippen LogP contribution in [0.15, 0.2) is 42.9 Å². The van der Waals surface area contributed by atoms with Gasteiger partial charge in [-0.05, 0) is 12.1 Å². The summed E-state index contributed by atoms with van der Waals surface area (Å²) >= 11 is 0. The van der Waals surface area contributed by atoms with Crippen LogP contribution >= 0.6 is 0 Å². The molecule has 2 N–H and O–H groups in total. The lowest BCUT2D eigenvalue weighted by atomic mass is 10.3. The molecule has 3 heterocycles. The summed E-state index contributed by atoms with van der Waals surface area (Å²) in [5.74, 6) is 1.34. The highest BCUT2D eigenvalue weighted by atomic mass is 16.5. The van der Waals surface area contributed by atoms with Gasteiger partial charge in [0.1, 0.15) is 23.7 Å². The molecule has 0 bridgehead atoms. The van der Waals surface area contributed by atoms with Crippen molar-refractivity contribution in [1.82, 2.24) is 25.3 Å². The lowest BCUT2D eigenvalue weighted by molar-refractivity contribution is 0.0950. The average Bonchev–Trinajstić information content (AvgIpc) is 2.77. The minimum atomic E-state index is -0.253. The van der Waals surface area contributed by atoms with Gasteiger partial charge < -0.3 is 20.3 Å². The summed E-state index contributed by atoms with van der Waals surface area (Å²) in [4.78, 5) is 31.6. The van der Waals surface area contributed by atoms with Crippen molar-refractivity contribution in [3.05, 3.63) is 48.5 Å². The van der Waals surface area contributed by atoms with Crippen LogP contribution in [-0.4, -0.2) is 65.2 Å². The molecule has 28 heavy (non-hydrogen) atoms. The van der Waals surface area contributed by atoms with Crippen molar-refractivity contribution in [3.63, 3.8) is 0 Å². The number of nitrogens with one attached hydrogen (secondary N) is 2. The quantitative estimate of drug-likeness (QED) is 0.614. The molecule has 0 saturated carbocycles. The van der Waals surface area contributed by atoms with Crippen LogP contribution < -0.4 is 15.5 Å². The van der Waals surface area contributed by atoms with Crippen LogP contribution in [0.2, 0.25) is 0 Å². The molecule has 3 aromatic rings. The molecule has 9 heteroatoms. The number of morpholine rings is 1. The normalized spacial score (nSPS) is 14.1. The molecule has 0 atom stereocenters. The zero-order chi connectivity index (χ0) is 19.2. The van der Waals surface area contributed by atoms with Gasteiger partial charge in [0.25, 0.3) is 5.91 Å². The Kier molecular flexibility index (Phi) is 5.53. The molecule has 0 radical (unpaired) electrons. The highest BCUT2D eigenvalue weighted by Gasteiger charge is 2.13. The summed E-state index contributed by atoms with van der Waals surface area (Å²) in [7, 11) is 0. The van der Waals surface area contributed by atoms with Gasteiger partial charge in [0.2, 0.25) is 0 Å². The van der Waals surface area contributed by atoms with Crippen molar-refractivity contribution < 1.29 is 9.53 Å². The van der Waals surface area contributed by atoms with E-state index in [4.69, 9.17) is 4.74 Å². The van der Waals surface area contributed by atoms with Gasteiger partial charge in [0, 0.05) is 32.2 Å². The predicted octanol–water partition coefficient (Wildman–Crippen LogP) is 1.10. The van der Waals surface area contributed by atoms with E-state index in [1.54, 1.807) is 0 Å². The fourth-order valence-corrected chi connectivity index (χ4v) is 2.93. The molecule has 1 aliphatic heterocycles. The Morgan fingerprint density at radius 2 is 1.89 bits per heavy atom. The summed E-state index contributed by atoms with van der Waals surface area (Å²) in [6, 6.07) is 9.36. The first-order valence-corrected chi connectivity index (χ1v) is 9.18. The van der Waals surface area contributed by atoms with Crippen LogP contribution in [-0.2, 0) is 4.74 Å². The first kappa shape index (κ1) is 18.1.